The molecule has 0 aromatic heterocycles. The fourth-order valence-electron chi connectivity index (χ4n) is 2.79. The van der Waals surface area contributed by atoms with Crippen LogP contribution in [0.4, 0.5) is 0 Å². The van der Waals surface area contributed by atoms with E-state index in [0.29, 0.717) is 12.8 Å². The van der Waals surface area contributed by atoms with Crippen LogP contribution in [-0.2, 0) is 19.2 Å². The Morgan fingerprint density at radius 3 is 2.08 bits per heavy atom. The minimum absolute atomic E-state index is 0.199. The highest BCUT2D eigenvalue weighted by Gasteiger charge is 2.34. The number of nitrogens with two attached hydrogens (primary N) is 1. The number of carboxylic acid groups (broad SMARTS) is 2. The van der Waals surface area contributed by atoms with Gasteiger partial charge in [0.25, 0.3) is 0 Å². The van der Waals surface area contributed by atoms with Gasteiger partial charge in [-0.15, -0.1) is 0 Å². The molecule has 0 aliphatic heterocycles. The fourth-order valence-corrected chi connectivity index (χ4v) is 2.79. The van der Waals surface area contributed by atoms with E-state index >= 15 is 0 Å². The molecule has 9 heteroatoms. The number of amides is 2. The molecule has 0 spiro atoms. The molecule has 0 bridgehead atoms. The molecule has 136 valence electrons. The summed E-state index contributed by atoms with van der Waals surface area (Å²) in [5.74, 6) is -4.16. The van der Waals surface area contributed by atoms with E-state index < -0.39 is 48.3 Å². The molecule has 1 aliphatic rings. The van der Waals surface area contributed by atoms with Crippen molar-refractivity contribution in [2.24, 2.45) is 11.7 Å². The normalized spacial score (nSPS) is 18.9. The smallest absolute Gasteiger partial charge is 0.326 e. The van der Waals surface area contributed by atoms with Gasteiger partial charge in [-0.1, -0.05) is 19.3 Å². The number of carbonyl (C=O) groups excluding carboxylic acids is 2. The van der Waals surface area contributed by atoms with Crippen LogP contribution in [0.25, 0.3) is 0 Å². The number of carboxylic acids is 2. The van der Waals surface area contributed by atoms with E-state index in [4.69, 9.17) is 10.8 Å². The average Bonchev–Trinajstić information content (AvgIpc) is 2.51. The Hall–Kier alpha value is -2.16. The van der Waals surface area contributed by atoms with Crippen molar-refractivity contribution >= 4 is 23.8 Å². The Morgan fingerprint density at radius 1 is 1.04 bits per heavy atom. The average molecular weight is 343 g/mol. The molecule has 1 aliphatic carbocycles. The van der Waals surface area contributed by atoms with Crippen LogP contribution in [-0.4, -0.2) is 52.1 Å². The lowest BCUT2D eigenvalue weighted by Crippen LogP contribution is -2.56. The Balaban J connectivity index is 2.80. The Bertz CT molecular complexity index is 488. The van der Waals surface area contributed by atoms with E-state index in [1.165, 1.54) is 6.92 Å². The number of hydrogen-bond donors (Lipinski definition) is 5. The summed E-state index contributed by atoms with van der Waals surface area (Å²) in [5.41, 5.74) is 5.40. The van der Waals surface area contributed by atoms with Crippen molar-refractivity contribution in [1.82, 2.24) is 10.6 Å². The summed E-state index contributed by atoms with van der Waals surface area (Å²) >= 11 is 0. The van der Waals surface area contributed by atoms with Crippen LogP contribution in [0.1, 0.15) is 45.4 Å². The topological polar surface area (TPSA) is 159 Å². The molecule has 9 nitrogen and oxygen atoms in total. The third-order valence-corrected chi connectivity index (χ3v) is 4.11. The zero-order valence-corrected chi connectivity index (χ0v) is 13.7. The molecule has 6 N–H and O–H groups in total. The molecule has 0 aromatic rings. The van der Waals surface area contributed by atoms with Crippen LogP contribution >= 0.6 is 0 Å². The van der Waals surface area contributed by atoms with E-state index in [9.17, 15) is 24.3 Å². The summed E-state index contributed by atoms with van der Waals surface area (Å²) in [6.45, 7) is 1.40. The predicted octanol–water partition coefficient (Wildman–Crippen LogP) is -0.557. The van der Waals surface area contributed by atoms with Gasteiger partial charge < -0.3 is 26.6 Å². The third kappa shape index (κ3) is 6.15. The van der Waals surface area contributed by atoms with Crippen LogP contribution in [0.15, 0.2) is 0 Å². The lowest BCUT2D eigenvalue weighted by Gasteiger charge is -2.29. The van der Waals surface area contributed by atoms with Gasteiger partial charge in [-0.2, -0.15) is 0 Å². The number of hydrogen-bond acceptors (Lipinski definition) is 5. The van der Waals surface area contributed by atoms with Crippen molar-refractivity contribution in [3.8, 4) is 0 Å². The summed E-state index contributed by atoms with van der Waals surface area (Å²) in [6, 6.07) is -3.38. The minimum Gasteiger partial charge on any atom is -0.481 e. The van der Waals surface area contributed by atoms with Crippen LogP contribution in [0.2, 0.25) is 0 Å². The third-order valence-electron chi connectivity index (χ3n) is 4.11. The van der Waals surface area contributed by atoms with Gasteiger partial charge in [-0.05, 0) is 25.7 Å². The van der Waals surface area contributed by atoms with Crippen molar-refractivity contribution in [1.29, 1.82) is 0 Å². The van der Waals surface area contributed by atoms with Gasteiger partial charge in [-0.25, -0.2) is 4.79 Å². The molecule has 3 atom stereocenters. The van der Waals surface area contributed by atoms with E-state index in [1.54, 1.807) is 0 Å². The molecule has 24 heavy (non-hydrogen) atoms. The maximum absolute atomic E-state index is 12.3. The van der Waals surface area contributed by atoms with Gasteiger partial charge in [0, 0.05) is 0 Å². The maximum atomic E-state index is 12.3. The second kappa shape index (κ2) is 9.21. The van der Waals surface area contributed by atoms with E-state index in [-0.39, 0.29) is 5.92 Å². The van der Waals surface area contributed by atoms with E-state index in [2.05, 4.69) is 10.6 Å². The molecule has 0 unspecified atom stereocenters. The Kier molecular flexibility index (Phi) is 7.63. The van der Waals surface area contributed by atoms with Gasteiger partial charge in [0.1, 0.15) is 12.1 Å². The van der Waals surface area contributed by atoms with Gasteiger partial charge in [0.15, 0.2) is 0 Å². The number of carbonyl (C=O) groups is 4. The standard InChI is InChI=1S/C15H25N3O6/c1-8(16)13(21)17-10(7-11(19)20)14(22)18-12(15(23)24)9-5-3-2-4-6-9/h8-10,12H,2-7,16H2,1H3,(H,17,21)(H,18,22)(H,19,20)(H,23,24)/t8-,10-,12-/m0/s1. The van der Waals surface area contributed by atoms with Crippen molar-refractivity contribution in [2.45, 2.75) is 63.6 Å². The van der Waals surface area contributed by atoms with Crippen molar-refractivity contribution in [3.05, 3.63) is 0 Å². The predicted molar refractivity (Wildman–Crippen MR) is 84.0 cm³/mol. The van der Waals surface area contributed by atoms with Gasteiger partial charge in [-0.3, -0.25) is 14.4 Å². The van der Waals surface area contributed by atoms with Gasteiger partial charge >= 0.3 is 11.9 Å². The molecule has 1 rings (SSSR count). The first-order valence-electron chi connectivity index (χ1n) is 8.03. The van der Waals surface area contributed by atoms with Crippen LogP contribution in [0, 0.1) is 5.92 Å². The van der Waals surface area contributed by atoms with Crippen LogP contribution < -0.4 is 16.4 Å². The maximum Gasteiger partial charge on any atom is 0.326 e. The second-order valence-corrected chi connectivity index (χ2v) is 6.17. The molecule has 0 heterocycles. The lowest BCUT2D eigenvalue weighted by molar-refractivity contribution is -0.145. The lowest BCUT2D eigenvalue weighted by atomic mass is 9.83. The van der Waals surface area contributed by atoms with Gasteiger partial charge in [0.2, 0.25) is 11.8 Å². The Labute approximate surface area is 140 Å². The van der Waals surface area contributed by atoms with Crippen LogP contribution in [0.3, 0.4) is 0 Å². The number of rotatable bonds is 8. The first kappa shape index (κ1) is 19.9. The minimum atomic E-state index is -1.37. The first-order chi connectivity index (χ1) is 11.2. The highest BCUT2D eigenvalue weighted by molar-refractivity contribution is 5.93. The number of nitrogens with one attached hydrogen (secondary N) is 2. The molecule has 2 amide bonds. The zero-order chi connectivity index (χ0) is 18.3. The van der Waals surface area contributed by atoms with Crippen molar-refractivity contribution < 1.29 is 29.4 Å². The summed E-state index contributed by atoms with van der Waals surface area (Å²) in [4.78, 5) is 46.3. The summed E-state index contributed by atoms with van der Waals surface area (Å²) in [6.07, 6.45) is 3.54. The summed E-state index contributed by atoms with van der Waals surface area (Å²) in [7, 11) is 0. The number of aliphatic carboxylic acids is 2. The molecule has 1 saturated carbocycles. The van der Waals surface area contributed by atoms with Crippen LogP contribution in [0.5, 0.6) is 0 Å². The molecule has 0 radical (unpaired) electrons. The molecule has 0 saturated heterocycles. The second-order valence-electron chi connectivity index (χ2n) is 6.17. The van der Waals surface area contributed by atoms with Gasteiger partial charge in [0.05, 0.1) is 12.5 Å². The molecule has 0 aromatic carbocycles. The monoisotopic (exact) mass is 343 g/mol. The summed E-state index contributed by atoms with van der Waals surface area (Å²) < 4.78 is 0. The SMILES string of the molecule is C[C@H](N)C(=O)N[C@@H](CC(=O)O)C(=O)N[C@H](C(=O)O)C1CCCCC1. The summed E-state index contributed by atoms with van der Waals surface area (Å²) in [5, 5.41) is 22.9. The first-order valence-corrected chi connectivity index (χ1v) is 8.03. The Morgan fingerprint density at radius 2 is 1.62 bits per heavy atom. The highest BCUT2D eigenvalue weighted by Crippen LogP contribution is 2.26. The van der Waals surface area contributed by atoms with E-state index in [0.717, 1.165) is 19.3 Å². The van der Waals surface area contributed by atoms with Crippen molar-refractivity contribution in [2.75, 3.05) is 0 Å². The van der Waals surface area contributed by atoms with Crippen molar-refractivity contribution in [3.63, 3.8) is 0 Å². The quantitative estimate of drug-likeness (QED) is 0.395. The van der Waals surface area contributed by atoms with E-state index in [1.807, 2.05) is 0 Å². The zero-order valence-electron chi connectivity index (χ0n) is 13.7. The molecular weight excluding hydrogens is 318 g/mol. The fraction of sp³-hybridized carbons (Fsp3) is 0.733. The molecular formula is C15H25N3O6. The largest absolute Gasteiger partial charge is 0.481 e. The molecule has 1 fully saturated rings. The highest BCUT2D eigenvalue weighted by atomic mass is 16.4.